The van der Waals surface area contributed by atoms with Gasteiger partial charge in [0.05, 0.1) is 19.0 Å². The fraction of sp³-hybridized carbons (Fsp3) is 0.600. The van der Waals surface area contributed by atoms with Crippen molar-refractivity contribution >= 4 is 5.97 Å². The Morgan fingerprint density at radius 1 is 1.73 bits per heavy atom. The molecule has 1 unspecified atom stereocenters. The quantitative estimate of drug-likeness (QED) is 0.736. The van der Waals surface area contributed by atoms with Gasteiger partial charge in [-0.2, -0.15) is 5.10 Å². The first-order chi connectivity index (χ1) is 7.06. The van der Waals surface area contributed by atoms with E-state index in [1.54, 1.807) is 4.68 Å². The Bertz CT molecular complexity index is 344. The Balaban J connectivity index is 2.84. The summed E-state index contributed by atoms with van der Waals surface area (Å²) in [6.07, 6.45) is 3.09. The Labute approximate surface area is 89.2 Å². The molecule has 1 atom stereocenters. The van der Waals surface area contributed by atoms with Crippen LogP contribution < -0.4 is 5.73 Å². The van der Waals surface area contributed by atoms with Crippen LogP contribution in [0.3, 0.4) is 0 Å². The fourth-order valence-corrected chi connectivity index (χ4v) is 1.40. The van der Waals surface area contributed by atoms with E-state index in [1.807, 2.05) is 14.0 Å². The number of aromatic nitrogens is 2. The minimum Gasteiger partial charge on any atom is -0.465 e. The molecular weight excluding hydrogens is 194 g/mol. The van der Waals surface area contributed by atoms with Gasteiger partial charge < -0.3 is 10.5 Å². The summed E-state index contributed by atoms with van der Waals surface area (Å²) in [6.45, 7) is 1.94. The van der Waals surface area contributed by atoms with Gasteiger partial charge in [-0.1, -0.05) is 0 Å². The molecule has 0 amide bonds. The third-order valence-corrected chi connectivity index (χ3v) is 2.30. The lowest BCUT2D eigenvalue weighted by Crippen LogP contribution is -2.17. The van der Waals surface area contributed by atoms with Gasteiger partial charge in [-0.15, -0.1) is 0 Å². The van der Waals surface area contributed by atoms with E-state index in [0.29, 0.717) is 5.56 Å². The van der Waals surface area contributed by atoms with E-state index in [2.05, 4.69) is 9.84 Å². The molecule has 5 heteroatoms. The molecule has 0 aliphatic heterocycles. The molecule has 5 nitrogen and oxygen atoms in total. The minimum atomic E-state index is -0.345. The second-order valence-corrected chi connectivity index (χ2v) is 3.64. The largest absolute Gasteiger partial charge is 0.465 e. The highest BCUT2D eigenvalue weighted by atomic mass is 16.5. The Morgan fingerprint density at radius 3 is 2.93 bits per heavy atom. The van der Waals surface area contributed by atoms with Crippen molar-refractivity contribution in [2.24, 2.45) is 12.8 Å². The number of carbonyl (C=O) groups is 1. The molecule has 0 aliphatic rings. The lowest BCUT2D eigenvalue weighted by atomic mass is 10.1. The van der Waals surface area contributed by atoms with Gasteiger partial charge in [0.25, 0.3) is 0 Å². The van der Waals surface area contributed by atoms with Gasteiger partial charge in [0.2, 0.25) is 0 Å². The first-order valence-electron chi connectivity index (χ1n) is 4.91. The van der Waals surface area contributed by atoms with E-state index in [-0.39, 0.29) is 12.0 Å². The number of hydrogen-bond acceptors (Lipinski definition) is 4. The smallest absolute Gasteiger partial charge is 0.341 e. The Kier molecular flexibility index (Phi) is 3.85. The van der Waals surface area contributed by atoms with Crippen LogP contribution in [0, 0.1) is 0 Å². The summed E-state index contributed by atoms with van der Waals surface area (Å²) in [7, 11) is 3.17. The van der Waals surface area contributed by atoms with Crippen LogP contribution in [0.15, 0.2) is 6.20 Å². The molecule has 1 aromatic rings. The number of nitrogens with two attached hydrogens (primary N) is 1. The van der Waals surface area contributed by atoms with Gasteiger partial charge in [0.1, 0.15) is 5.56 Å². The summed E-state index contributed by atoms with van der Waals surface area (Å²) in [4.78, 5) is 11.4. The highest BCUT2D eigenvalue weighted by Crippen LogP contribution is 2.11. The summed E-state index contributed by atoms with van der Waals surface area (Å²) in [5.74, 6) is -0.345. The number of nitrogens with zero attached hydrogens (tertiary/aromatic N) is 2. The lowest BCUT2D eigenvalue weighted by Gasteiger charge is -2.07. The molecule has 0 radical (unpaired) electrons. The van der Waals surface area contributed by atoms with Gasteiger partial charge in [0.15, 0.2) is 0 Å². The third kappa shape index (κ3) is 2.79. The summed E-state index contributed by atoms with van der Waals surface area (Å²) >= 11 is 0. The summed E-state index contributed by atoms with van der Waals surface area (Å²) in [6, 6.07) is 0.116. The molecule has 0 fully saturated rings. The molecule has 1 aromatic heterocycles. The summed E-state index contributed by atoms with van der Waals surface area (Å²) in [5.41, 5.74) is 7.07. The maximum absolute atomic E-state index is 11.4. The van der Waals surface area contributed by atoms with Gasteiger partial charge in [-0.05, 0) is 19.8 Å². The topological polar surface area (TPSA) is 70.1 Å². The van der Waals surface area contributed by atoms with E-state index in [1.165, 1.54) is 13.3 Å². The van der Waals surface area contributed by atoms with Crippen molar-refractivity contribution in [2.75, 3.05) is 7.11 Å². The van der Waals surface area contributed by atoms with Gasteiger partial charge in [-0.25, -0.2) is 4.79 Å². The molecule has 0 spiro atoms. The van der Waals surface area contributed by atoms with E-state index >= 15 is 0 Å². The maximum Gasteiger partial charge on any atom is 0.341 e. The predicted octanol–water partition coefficient (Wildman–Crippen LogP) is 0.486. The monoisotopic (exact) mass is 211 g/mol. The lowest BCUT2D eigenvalue weighted by molar-refractivity contribution is 0.0599. The molecular formula is C10H17N3O2. The Hall–Kier alpha value is -1.36. The molecule has 15 heavy (non-hydrogen) atoms. The Morgan fingerprint density at radius 2 is 2.40 bits per heavy atom. The third-order valence-electron chi connectivity index (χ3n) is 2.30. The summed E-state index contributed by atoms with van der Waals surface area (Å²) in [5, 5.41) is 4.04. The van der Waals surface area contributed by atoms with Crippen molar-refractivity contribution in [1.29, 1.82) is 0 Å². The summed E-state index contributed by atoms with van der Waals surface area (Å²) < 4.78 is 6.36. The van der Waals surface area contributed by atoms with E-state index in [9.17, 15) is 4.79 Å². The number of carbonyl (C=O) groups excluding carboxylic acids is 1. The van der Waals surface area contributed by atoms with Crippen molar-refractivity contribution < 1.29 is 9.53 Å². The first kappa shape index (κ1) is 11.7. The van der Waals surface area contributed by atoms with Crippen LogP contribution in [-0.4, -0.2) is 28.9 Å². The number of esters is 1. The molecule has 0 bridgehead atoms. The minimum absolute atomic E-state index is 0.116. The van der Waals surface area contributed by atoms with E-state index in [0.717, 1.165) is 18.5 Å². The number of ether oxygens (including phenoxy) is 1. The molecule has 0 aromatic carbocycles. The molecule has 0 saturated carbocycles. The van der Waals surface area contributed by atoms with E-state index < -0.39 is 0 Å². The molecule has 84 valence electrons. The van der Waals surface area contributed by atoms with Crippen molar-refractivity contribution in [3.8, 4) is 0 Å². The number of rotatable bonds is 4. The zero-order valence-electron chi connectivity index (χ0n) is 9.36. The number of hydrogen-bond donors (Lipinski definition) is 1. The average Bonchev–Trinajstić information content (AvgIpc) is 2.55. The van der Waals surface area contributed by atoms with Gasteiger partial charge in [-0.3, -0.25) is 4.68 Å². The van der Waals surface area contributed by atoms with Crippen LogP contribution in [-0.2, 0) is 18.2 Å². The van der Waals surface area contributed by atoms with Crippen molar-refractivity contribution in [3.05, 3.63) is 17.5 Å². The number of methoxy groups -OCH3 is 1. The predicted molar refractivity (Wildman–Crippen MR) is 56.5 cm³/mol. The molecule has 1 heterocycles. The molecule has 0 aliphatic carbocycles. The van der Waals surface area contributed by atoms with Gasteiger partial charge in [0, 0.05) is 13.1 Å². The molecule has 1 rings (SSSR count). The second kappa shape index (κ2) is 4.93. The standard InChI is InChI=1S/C10H17N3O2/c1-7(11)4-5-9-8(10(14)15-3)6-12-13(9)2/h6-7H,4-5,11H2,1-3H3. The van der Waals surface area contributed by atoms with E-state index in [4.69, 9.17) is 5.73 Å². The van der Waals surface area contributed by atoms with Crippen LogP contribution in [0.2, 0.25) is 0 Å². The maximum atomic E-state index is 11.4. The van der Waals surface area contributed by atoms with Crippen LogP contribution in [0.5, 0.6) is 0 Å². The van der Waals surface area contributed by atoms with Crippen LogP contribution in [0.4, 0.5) is 0 Å². The molecule has 0 saturated heterocycles. The zero-order valence-corrected chi connectivity index (χ0v) is 9.36. The highest BCUT2D eigenvalue weighted by molar-refractivity contribution is 5.90. The van der Waals surface area contributed by atoms with Crippen LogP contribution in [0.25, 0.3) is 0 Å². The van der Waals surface area contributed by atoms with Gasteiger partial charge >= 0.3 is 5.97 Å². The second-order valence-electron chi connectivity index (χ2n) is 3.64. The highest BCUT2D eigenvalue weighted by Gasteiger charge is 2.16. The van der Waals surface area contributed by atoms with Crippen LogP contribution >= 0.6 is 0 Å². The SMILES string of the molecule is COC(=O)c1cnn(C)c1CCC(C)N. The van der Waals surface area contributed by atoms with Crippen LogP contribution in [0.1, 0.15) is 29.4 Å². The average molecular weight is 211 g/mol. The number of aryl methyl sites for hydroxylation is 1. The van der Waals surface area contributed by atoms with Crippen molar-refractivity contribution in [3.63, 3.8) is 0 Å². The first-order valence-corrected chi connectivity index (χ1v) is 4.91. The molecule has 2 N–H and O–H groups in total. The normalized spacial score (nSPS) is 12.5. The fourth-order valence-electron chi connectivity index (χ4n) is 1.40. The van der Waals surface area contributed by atoms with Crippen molar-refractivity contribution in [1.82, 2.24) is 9.78 Å². The van der Waals surface area contributed by atoms with Crippen molar-refractivity contribution in [2.45, 2.75) is 25.8 Å². The zero-order chi connectivity index (χ0) is 11.4.